The maximum absolute atomic E-state index is 13.2. The number of amides is 1. The minimum Gasteiger partial charge on any atom is -0.348 e. The molecule has 1 N–H and O–H groups in total. The van der Waals surface area contributed by atoms with Crippen LogP contribution < -0.4 is 5.32 Å². The maximum atomic E-state index is 13.2. The Hall–Kier alpha value is -2.66. The van der Waals surface area contributed by atoms with Crippen molar-refractivity contribution in [1.29, 1.82) is 0 Å². The van der Waals surface area contributed by atoms with Gasteiger partial charge in [0.2, 0.25) is 5.91 Å². The van der Waals surface area contributed by atoms with Crippen molar-refractivity contribution in [3.8, 4) is 0 Å². The monoisotopic (exact) mass is 353 g/mol. The van der Waals surface area contributed by atoms with E-state index in [0.717, 1.165) is 29.4 Å². The molecule has 1 aromatic heterocycles. The molecule has 0 fully saturated rings. The predicted octanol–water partition coefficient (Wildman–Crippen LogP) is 3.59. The number of halogens is 1. The predicted molar refractivity (Wildman–Crippen MR) is 102 cm³/mol. The van der Waals surface area contributed by atoms with Gasteiger partial charge in [0.05, 0.1) is 6.04 Å². The van der Waals surface area contributed by atoms with E-state index in [4.69, 9.17) is 0 Å². The van der Waals surface area contributed by atoms with Crippen LogP contribution in [0.4, 0.5) is 4.39 Å². The second-order valence-electron chi connectivity index (χ2n) is 6.77. The van der Waals surface area contributed by atoms with Crippen molar-refractivity contribution >= 4 is 16.8 Å². The van der Waals surface area contributed by atoms with Crippen molar-refractivity contribution in [2.24, 2.45) is 0 Å². The number of benzene rings is 2. The van der Waals surface area contributed by atoms with Gasteiger partial charge in [-0.25, -0.2) is 4.39 Å². The lowest BCUT2D eigenvalue weighted by molar-refractivity contribution is -0.122. The van der Waals surface area contributed by atoms with Gasteiger partial charge < -0.3 is 14.8 Å². The average Bonchev–Trinajstić information content (AvgIpc) is 3.02. The standard InChI is InChI=1S/C21H24FN3O/c1-24(2)13-12-19(16-7-9-18(22)10-8-16)23-21(26)15-25-14-11-17-5-3-4-6-20(17)25/h3-11,14,19H,12-13,15H2,1-2H3,(H,23,26). The molecule has 0 saturated heterocycles. The maximum Gasteiger partial charge on any atom is 0.240 e. The molecule has 136 valence electrons. The minimum absolute atomic E-state index is 0.0561. The molecule has 0 radical (unpaired) electrons. The molecule has 4 nitrogen and oxygen atoms in total. The number of carbonyl (C=O) groups is 1. The van der Waals surface area contributed by atoms with E-state index in [0.29, 0.717) is 0 Å². The zero-order valence-corrected chi connectivity index (χ0v) is 15.2. The number of hydrogen-bond donors (Lipinski definition) is 1. The first-order valence-corrected chi connectivity index (χ1v) is 8.76. The molecular weight excluding hydrogens is 329 g/mol. The number of rotatable bonds is 7. The lowest BCUT2D eigenvalue weighted by Crippen LogP contribution is -2.33. The smallest absolute Gasteiger partial charge is 0.240 e. The normalized spacial score (nSPS) is 12.5. The molecule has 0 bridgehead atoms. The van der Waals surface area contributed by atoms with Gasteiger partial charge in [0.15, 0.2) is 0 Å². The zero-order chi connectivity index (χ0) is 18.5. The first-order chi connectivity index (χ1) is 12.5. The second kappa shape index (κ2) is 8.15. The minimum atomic E-state index is -0.273. The molecule has 1 unspecified atom stereocenters. The molecule has 0 aliphatic rings. The topological polar surface area (TPSA) is 37.3 Å². The molecule has 1 amide bonds. The molecule has 26 heavy (non-hydrogen) atoms. The summed E-state index contributed by atoms with van der Waals surface area (Å²) >= 11 is 0. The van der Waals surface area contributed by atoms with E-state index in [9.17, 15) is 9.18 Å². The van der Waals surface area contributed by atoms with Gasteiger partial charge in [-0.1, -0.05) is 30.3 Å². The number of fused-ring (bicyclic) bond motifs is 1. The van der Waals surface area contributed by atoms with Crippen LogP contribution in [0.1, 0.15) is 18.0 Å². The Labute approximate surface area is 153 Å². The molecule has 3 aromatic rings. The van der Waals surface area contributed by atoms with Crippen LogP contribution in [0.5, 0.6) is 0 Å². The Balaban J connectivity index is 1.72. The third-order valence-electron chi connectivity index (χ3n) is 4.47. The van der Waals surface area contributed by atoms with Crippen LogP contribution >= 0.6 is 0 Å². The van der Waals surface area contributed by atoms with E-state index in [1.807, 2.05) is 55.2 Å². The van der Waals surface area contributed by atoms with Crippen LogP contribution in [-0.2, 0) is 11.3 Å². The van der Waals surface area contributed by atoms with Crippen LogP contribution in [0.25, 0.3) is 10.9 Å². The molecule has 0 aliphatic carbocycles. The lowest BCUT2D eigenvalue weighted by Gasteiger charge is -2.21. The molecule has 1 heterocycles. The van der Waals surface area contributed by atoms with Crippen LogP contribution in [0, 0.1) is 5.82 Å². The van der Waals surface area contributed by atoms with Gasteiger partial charge in [-0.3, -0.25) is 4.79 Å². The van der Waals surface area contributed by atoms with Gasteiger partial charge in [0.25, 0.3) is 0 Å². The summed E-state index contributed by atoms with van der Waals surface area (Å²) < 4.78 is 15.2. The van der Waals surface area contributed by atoms with Gasteiger partial charge in [0.1, 0.15) is 12.4 Å². The molecule has 1 atom stereocenters. The zero-order valence-electron chi connectivity index (χ0n) is 15.2. The Morgan fingerprint density at radius 3 is 2.58 bits per heavy atom. The van der Waals surface area contributed by atoms with Crippen molar-refractivity contribution < 1.29 is 9.18 Å². The van der Waals surface area contributed by atoms with Crippen LogP contribution in [0.15, 0.2) is 60.8 Å². The van der Waals surface area contributed by atoms with Gasteiger partial charge in [0, 0.05) is 11.7 Å². The molecule has 0 saturated carbocycles. The quantitative estimate of drug-likeness (QED) is 0.705. The summed E-state index contributed by atoms with van der Waals surface area (Å²) in [5.74, 6) is -0.329. The summed E-state index contributed by atoms with van der Waals surface area (Å²) in [5, 5.41) is 4.22. The average molecular weight is 353 g/mol. The van der Waals surface area contributed by atoms with Crippen molar-refractivity contribution in [3.05, 3.63) is 72.2 Å². The third-order valence-corrected chi connectivity index (χ3v) is 4.47. The van der Waals surface area contributed by atoms with E-state index in [1.54, 1.807) is 12.1 Å². The highest BCUT2D eigenvalue weighted by Crippen LogP contribution is 2.19. The highest BCUT2D eigenvalue weighted by Gasteiger charge is 2.16. The molecular formula is C21H24FN3O. The number of carbonyl (C=O) groups excluding carboxylic acids is 1. The fraction of sp³-hybridized carbons (Fsp3) is 0.286. The summed E-state index contributed by atoms with van der Waals surface area (Å²) in [6.07, 6.45) is 2.69. The summed E-state index contributed by atoms with van der Waals surface area (Å²) in [4.78, 5) is 14.7. The number of nitrogens with zero attached hydrogens (tertiary/aromatic N) is 2. The second-order valence-corrected chi connectivity index (χ2v) is 6.77. The Bertz CT molecular complexity index is 870. The van der Waals surface area contributed by atoms with Crippen LogP contribution in [-0.4, -0.2) is 36.0 Å². The number of para-hydroxylation sites is 1. The first kappa shape index (κ1) is 18.1. The number of aromatic nitrogens is 1. The van der Waals surface area contributed by atoms with Crippen LogP contribution in [0.3, 0.4) is 0 Å². The Morgan fingerprint density at radius 1 is 1.12 bits per heavy atom. The lowest BCUT2D eigenvalue weighted by atomic mass is 10.0. The van der Waals surface area contributed by atoms with Crippen molar-refractivity contribution in [2.45, 2.75) is 19.0 Å². The van der Waals surface area contributed by atoms with Crippen molar-refractivity contribution in [3.63, 3.8) is 0 Å². The summed E-state index contributed by atoms with van der Waals surface area (Å²) in [5.41, 5.74) is 1.95. The summed E-state index contributed by atoms with van der Waals surface area (Å²) in [7, 11) is 3.99. The largest absolute Gasteiger partial charge is 0.348 e. The van der Waals surface area contributed by atoms with Gasteiger partial charge in [-0.05, 0) is 62.3 Å². The summed E-state index contributed by atoms with van der Waals surface area (Å²) in [6.45, 7) is 1.09. The Kier molecular flexibility index (Phi) is 5.68. The molecule has 0 aliphatic heterocycles. The number of hydrogen-bond acceptors (Lipinski definition) is 2. The van der Waals surface area contributed by atoms with E-state index in [1.165, 1.54) is 12.1 Å². The van der Waals surface area contributed by atoms with Gasteiger partial charge >= 0.3 is 0 Å². The van der Waals surface area contributed by atoms with Gasteiger partial charge in [-0.2, -0.15) is 0 Å². The molecule has 3 rings (SSSR count). The molecule has 0 spiro atoms. The van der Waals surface area contributed by atoms with Crippen molar-refractivity contribution in [2.75, 3.05) is 20.6 Å². The van der Waals surface area contributed by atoms with E-state index >= 15 is 0 Å². The fourth-order valence-corrected chi connectivity index (χ4v) is 3.08. The van der Waals surface area contributed by atoms with E-state index < -0.39 is 0 Å². The van der Waals surface area contributed by atoms with Crippen LogP contribution in [0.2, 0.25) is 0 Å². The first-order valence-electron chi connectivity index (χ1n) is 8.76. The molecule has 5 heteroatoms. The summed E-state index contributed by atoms with van der Waals surface area (Å²) in [6, 6.07) is 16.2. The highest BCUT2D eigenvalue weighted by atomic mass is 19.1. The third kappa shape index (κ3) is 4.49. The van der Waals surface area contributed by atoms with Gasteiger partial charge in [-0.15, -0.1) is 0 Å². The van der Waals surface area contributed by atoms with E-state index in [2.05, 4.69) is 10.2 Å². The van der Waals surface area contributed by atoms with E-state index in [-0.39, 0.29) is 24.3 Å². The molecule has 2 aromatic carbocycles. The SMILES string of the molecule is CN(C)CCC(NC(=O)Cn1ccc2ccccc21)c1ccc(F)cc1. The fourth-order valence-electron chi connectivity index (χ4n) is 3.08. The number of nitrogens with one attached hydrogen (secondary N) is 1. The highest BCUT2D eigenvalue weighted by molar-refractivity contribution is 5.83. The Morgan fingerprint density at radius 2 is 1.85 bits per heavy atom. The van der Waals surface area contributed by atoms with Crippen molar-refractivity contribution in [1.82, 2.24) is 14.8 Å².